The molecule has 80 valence electrons. The predicted molar refractivity (Wildman–Crippen MR) is 59.9 cm³/mol. The van der Waals surface area contributed by atoms with Crippen molar-refractivity contribution in [3.63, 3.8) is 0 Å². The van der Waals surface area contributed by atoms with Gasteiger partial charge in [-0.25, -0.2) is 0 Å². The third-order valence-corrected chi connectivity index (χ3v) is 2.79. The zero-order valence-corrected chi connectivity index (χ0v) is 11.5. The maximum absolute atomic E-state index is 2.30. The van der Waals surface area contributed by atoms with Crippen LogP contribution in [0.3, 0.4) is 0 Å². The van der Waals surface area contributed by atoms with Crippen molar-refractivity contribution in [2.75, 3.05) is 20.1 Å². The molecule has 0 amide bonds. The van der Waals surface area contributed by atoms with Gasteiger partial charge in [0.2, 0.25) is 0 Å². The molecule has 1 unspecified atom stereocenters. The van der Waals surface area contributed by atoms with Gasteiger partial charge in [-0.05, 0) is 25.5 Å². The molecule has 1 rings (SSSR count). The van der Waals surface area contributed by atoms with Crippen LogP contribution in [-0.4, -0.2) is 20.1 Å². The van der Waals surface area contributed by atoms with Crippen LogP contribution in [0.5, 0.6) is 0 Å². The van der Waals surface area contributed by atoms with Crippen molar-refractivity contribution in [1.82, 2.24) is 4.48 Å². The highest BCUT2D eigenvalue weighted by Crippen LogP contribution is 2.20. The second-order valence-electron chi connectivity index (χ2n) is 3.77. The molecule has 1 aromatic carbocycles. The van der Waals surface area contributed by atoms with Crippen LogP contribution < -0.4 is 28.5 Å². The molecule has 0 aliphatic rings. The highest BCUT2D eigenvalue weighted by atomic mass is 127. The molecule has 0 N–H and O–H groups in total. The molecule has 0 fully saturated rings. The Morgan fingerprint density at radius 1 is 1.07 bits per heavy atom. The van der Waals surface area contributed by atoms with E-state index in [4.69, 9.17) is 0 Å². The molecule has 1 atom stereocenters. The second kappa shape index (κ2) is 6.40. The number of rotatable bonds is 4. The zero-order valence-electron chi connectivity index (χ0n) is 9.33. The fourth-order valence-electron chi connectivity index (χ4n) is 1.75. The molecule has 0 heterocycles. The first-order chi connectivity index (χ1) is 6.23. The number of quaternary nitrogens is 1. The lowest BCUT2D eigenvalue weighted by Crippen LogP contribution is -3.00. The molecule has 0 bridgehead atoms. The number of halogens is 1. The summed E-state index contributed by atoms with van der Waals surface area (Å²) in [6.45, 7) is 6.89. The third kappa shape index (κ3) is 3.24. The third-order valence-electron chi connectivity index (χ3n) is 2.79. The fourth-order valence-corrected chi connectivity index (χ4v) is 1.75. The van der Waals surface area contributed by atoms with Crippen molar-refractivity contribution in [3.8, 4) is 0 Å². The maximum Gasteiger partial charge on any atom is 0.132 e. The van der Waals surface area contributed by atoms with Crippen LogP contribution in [0.15, 0.2) is 30.3 Å². The molecule has 0 aliphatic heterocycles. The first-order valence-electron chi connectivity index (χ1n) is 5.13. The van der Waals surface area contributed by atoms with E-state index in [0.717, 1.165) is 11.0 Å². The number of benzene rings is 1. The molecule has 0 radical (unpaired) electrons. The molecule has 2 heteroatoms. The van der Waals surface area contributed by atoms with E-state index in [1.54, 1.807) is 0 Å². The van der Waals surface area contributed by atoms with Crippen LogP contribution in [0.1, 0.15) is 20.3 Å². The largest absolute Gasteiger partial charge is 1.00 e. The Kier molecular flexibility index (Phi) is 6.36. The topological polar surface area (TPSA) is 0 Å². The van der Waals surface area contributed by atoms with E-state index in [1.165, 1.54) is 18.7 Å². The van der Waals surface area contributed by atoms with Crippen LogP contribution in [0.4, 0.5) is 5.69 Å². The normalized spacial score (nSPS) is 14.2. The van der Waals surface area contributed by atoms with Crippen molar-refractivity contribution in [1.29, 1.82) is 0 Å². The van der Waals surface area contributed by atoms with Gasteiger partial charge in [-0.1, -0.05) is 25.1 Å². The van der Waals surface area contributed by atoms with Crippen molar-refractivity contribution in [3.05, 3.63) is 30.3 Å². The van der Waals surface area contributed by atoms with Crippen molar-refractivity contribution >= 4 is 5.69 Å². The van der Waals surface area contributed by atoms with Gasteiger partial charge >= 0.3 is 0 Å². The van der Waals surface area contributed by atoms with Crippen molar-refractivity contribution < 1.29 is 24.0 Å². The summed E-state index contributed by atoms with van der Waals surface area (Å²) in [6, 6.07) is 10.8. The summed E-state index contributed by atoms with van der Waals surface area (Å²) < 4.78 is 1.05. The van der Waals surface area contributed by atoms with Crippen LogP contribution >= 0.6 is 0 Å². The second-order valence-corrected chi connectivity index (χ2v) is 3.77. The summed E-state index contributed by atoms with van der Waals surface area (Å²) in [4.78, 5) is 0. The van der Waals surface area contributed by atoms with Crippen LogP contribution in [0.25, 0.3) is 0 Å². The molecule has 0 saturated heterocycles. The van der Waals surface area contributed by atoms with E-state index in [2.05, 4.69) is 51.2 Å². The van der Waals surface area contributed by atoms with Gasteiger partial charge in [-0.15, -0.1) is 0 Å². The summed E-state index contributed by atoms with van der Waals surface area (Å²) >= 11 is 0. The average molecular weight is 305 g/mol. The summed E-state index contributed by atoms with van der Waals surface area (Å²) in [6.07, 6.45) is 1.24. The van der Waals surface area contributed by atoms with Gasteiger partial charge in [0.25, 0.3) is 0 Å². The van der Waals surface area contributed by atoms with E-state index in [1.807, 2.05) is 0 Å². The van der Waals surface area contributed by atoms with Gasteiger partial charge in [0.15, 0.2) is 0 Å². The lowest BCUT2D eigenvalue weighted by Gasteiger charge is -2.32. The summed E-state index contributed by atoms with van der Waals surface area (Å²) in [5.41, 5.74) is 1.42. The molecular weight excluding hydrogens is 285 g/mol. The predicted octanol–water partition coefficient (Wildman–Crippen LogP) is 0.0576. The van der Waals surface area contributed by atoms with Crippen LogP contribution in [0.2, 0.25) is 0 Å². The highest BCUT2D eigenvalue weighted by Gasteiger charge is 2.20. The van der Waals surface area contributed by atoms with Gasteiger partial charge in [-0.3, -0.25) is 4.48 Å². The summed E-state index contributed by atoms with van der Waals surface area (Å²) in [7, 11) is 2.30. The average Bonchev–Trinajstić information content (AvgIpc) is 2.19. The van der Waals surface area contributed by atoms with Crippen LogP contribution in [-0.2, 0) is 0 Å². The van der Waals surface area contributed by atoms with E-state index >= 15 is 0 Å². The quantitative estimate of drug-likeness (QED) is 0.545. The maximum atomic E-state index is 2.30. The monoisotopic (exact) mass is 305 g/mol. The number of hydrogen-bond acceptors (Lipinski definition) is 0. The molecule has 1 aromatic rings. The first kappa shape index (κ1) is 13.9. The Bertz CT molecular complexity index is 248. The van der Waals surface area contributed by atoms with Crippen molar-refractivity contribution in [2.45, 2.75) is 20.3 Å². The minimum atomic E-state index is 0. The Morgan fingerprint density at radius 3 is 2.07 bits per heavy atom. The molecular formula is C12H20IN. The Hall–Kier alpha value is -0.0900. The standard InChI is InChI=1S/C12H20N.HI/c1-4-11-13(3,5-2)12-9-7-6-8-10-12;/h6-10H,4-5,11H2,1-3H3;1H/q+1;/p-1. The SMILES string of the molecule is CCC[N+](C)(CC)c1ccccc1.[I-]. The van der Waals surface area contributed by atoms with Gasteiger partial charge < -0.3 is 24.0 Å². The van der Waals surface area contributed by atoms with Crippen molar-refractivity contribution in [2.24, 2.45) is 0 Å². The summed E-state index contributed by atoms with van der Waals surface area (Å²) in [5, 5.41) is 0. The van der Waals surface area contributed by atoms with Gasteiger partial charge in [0.1, 0.15) is 5.69 Å². The number of nitrogens with zero attached hydrogens (tertiary/aromatic N) is 1. The van der Waals surface area contributed by atoms with E-state index < -0.39 is 0 Å². The zero-order chi connectivity index (χ0) is 9.73. The summed E-state index contributed by atoms with van der Waals surface area (Å²) in [5.74, 6) is 0. The molecule has 1 nitrogen and oxygen atoms in total. The first-order valence-corrected chi connectivity index (χ1v) is 5.13. The Morgan fingerprint density at radius 2 is 1.64 bits per heavy atom. The lowest BCUT2D eigenvalue weighted by molar-refractivity contribution is -0.00000290. The smallest absolute Gasteiger partial charge is 0.132 e. The van der Waals surface area contributed by atoms with E-state index in [9.17, 15) is 0 Å². The van der Waals surface area contributed by atoms with Gasteiger partial charge in [0, 0.05) is 0 Å². The van der Waals surface area contributed by atoms with E-state index in [0.29, 0.717) is 0 Å². The fraction of sp³-hybridized carbons (Fsp3) is 0.500. The molecule has 0 aromatic heterocycles. The Labute approximate surface area is 105 Å². The molecule has 0 spiro atoms. The molecule has 0 saturated carbocycles. The highest BCUT2D eigenvalue weighted by molar-refractivity contribution is 5.41. The minimum Gasteiger partial charge on any atom is -1.00 e. The number of para-hydroxylation sites is 1. The van der Waals surface area contributed by atoms with E-state index in [-0.39, 0.29) is 24.0 Å². The van der Waals surface area contributed by atoms with Crippen LogP contribution in [0, 0.1) is 0 Å². The molecule has 0 aliphatic carbocycles. The van der Waals surface area contributed by atoms with Gasteiger partial charge in [0.05, 0.1) is 20.1 Å². The lowest BCUT2D eigenvalue weighted by atomic mass is 10.2. The Balaban J connectivity index is 0.00000169. The number of hydrogen-bond donors (Lipinski definition) is 0. The minimum absolute atomic E-state index is 0. The molecule has 14 heavy (non-hydrogen) atoms. The van der Waals surface area contributed by atoms with Gasteiger partial charge in [-0.2, -0.15) is 0 Å².